The van der Waals surface area contributed by atoms with Crippen LogP contribution in [0, 0.1) is 3.57 Å². The van der Waals surface area contributed by atoms with Crippen LogP contribution in [0.15, 0.2) is 48.5 Å². The quantitative estimate of drug-likeness (QED) is 0.345. The van der Waals surface area contributed by atoms with Crippen molar-refractivity contribution in [1.82, 2.24) is 5.43 Å². The van der Waals surface area contributed by atoms with E-state index in [0.717, 1.165) is 3.57 Å². The van der Waals surface area contributed by atoms with Crippen LogP contribution in [0.3, 0.4) is 0 Å². The zero-order chi connectivity index (χ0) is 17.5. The van der Waals surface area contributed by atoms with Crippen LogP contribution in [0.5, 0.6) is 5.75 Å². The Balaban J connectivity index is 2.13. The standard InChI is InChI=1S/C16H16FIN2O4/c17-20(19-16(23)11-4-2-1-3-5-11)14-7-6-12(18)8-15(14)24-10-13(22)9-21/h1-8,13,21-22H,9-10H2,(H,19,23)/t13-/m1/s1. The molecule has 1 atom stereocenters. The van der Waals surface area contributed by atoms with Crippen molar-refractivity contribution in [2.45, 2.75) is 6.10 Å². The molecule has 0 spiro atoms. The van der Waals surface area contributed by atoms with Gasteiger partial charge in [0.15, 0.2) is 0 Å². The summed E-state index contributed by atoms with van der Waals surface area (Å²) in [7, 11) is 0. The summed E-state index contributed by atoms with van der Waals surface area (Å²) in [6.07, 6.45) is -1.08. The molecule has 128 valence electrons. The number of amides is 1. The van der Waals surface area contributed by atoms with E-state index >= 15 is 0 Å². The van der Waals surface area contributed by atoms with E-state index in [4.69, 9.17) is 9.84 Å². The summed E-state index contributed by atoms with van der Waals surface area (Å²) < 4.78 is 20.5. The summed E-state index contributed by atoms with van der Waals surface area (Å²) in [5, 5.41) is 18.2. The number of halogens is 2. The molecule has 3 N–H and O–H groups in total. The van der Waals surface area contributed by atoms with Gasteiger partial charge in [-0.05, 0) is 52.9 Å². The molecule has 8 heteroatoms. The lowest BCUT2D eigenvalue weighted by molar-refractivity contribution is 0.0534. The molecule has 0 saturated heterocycles. The number of aliphatic hydroxyl groups excluding tert-OH is 2. The van der Waals surface area contributed by atoms with Gasteiger partial charge in [-0.1, -0.05) is 22.7 Å². The summed E-state index contributed by atoms with van der Waals surface area (Å²) >= 11 is 2.03. The van der Waals surface area contributed by atoms with Gasteiger partial charge in [-0.2, -0.15) is 0 Å². The van der Waals surface area contributed by atoms with Crippen LogP contribution in [0.4, 0.5) is 10.2 Å². The number of hydrazine groups is 1. The third-order valence-corrected chi connectivity index (χ3v) is 3.68. The molecule has 2 rings (SSSR count). The molecule has 0 heterocycles. The van der Waals surface area contributed by atoms with E-state index < -0.39 is 18.6 Å². The van der Waals surface area contributed by atoms with Crippen molar-refractivity contribution < 1.29 is 24.2 Å². The first-order valence-electron chi connectivity index (χ1n) is 7.04. The summed E-state index contributed by atoms with van der Waals surface area (Å²) in [4.78, 5) is 12.0. The van der Waals surface area contributed by atoms with Gasteiger partial charge in [-0.3, -0.25) is 4.79 Å². The molecular formula is C16H16FIN2O4. The van der Waals surface area contributed by atoms with Crippen LogP contribution in [0.25, 0.3) is 0 Å². The lowest BCUT2D eigenvalue weighted by atomic mass is 10.2. The molecule has 0 aliphatic carbocycles. The average Bonchev–Trinajstić information content (AvgIpc) is 2.60. The molecular weight excluding hydrogens is 430 g/mol. The van der Waals surface area contributed by atoms with Crippen LogP contribution in [-0.2, 0) is 0 Å². The number of hydrogen-bond donors (Lipinski definition) is 3. The number of carbonyl (C=O) groups excluding carboxylic acids is 1. The summed E-state index contributed by atoms with van der Waals surface area (Å²) in [6, 6.07) is 12.9. The smallest absolute Gasteiger partial charge is 0.271 e. The molecule has 0 saturated carbocycles. The second kappa shape index (κ2) is 8.81. The Morgan fingerprint density at radius 3 is 2.67 bits per heavy atom. The van der Waals surface area contributed by atoms with Gasteiger partial charge in [0.25, 0.3) is 5.91 Å². The molecule has 0 bridgehead atoms. The molecule has 0 unspecified atom stereocenters. The lowest BCUT2D eigenvalue weighted by Gasteiger charge is -2.19. The van der Waals surface area contributed by atoms with E-state index in [1.54, 1.807) is 42.5 Å². The molecule has 1 amide bonds. The highest BCUT2D eigenvalue weighted by Crippen LogP contribution is 2.30. The van der Waals surface area contributed by atoms with Gasteiger partial charge in [-0.25, -0.2) is 5.43 Å². The van der Waals surface area contributed by atoms with E-state index in [1.165, 1.54) is 6.07 Å². The number of benzene rings is 2. The molecule has 2 aromatic rings. The van der Waals surface area contributed by atoms with Crippen molar-refractivity contribution in [3.8, 4) is 5.75 Å². The molecule has 6 nitrogen and oxygen atoms in total. The summed E-state index contributed by atoms with van der Waals surface area (Å²) in [5.41, 5.74) is 2.39. The van der Waals surface area contributed by atoms with Crippen molar-refractivity contribution in [3.63, 3.8) is 0 Å². The Labute approximate surface area is 151 Å². The van der Waals surface area contributed by atoms with Crippen LogP contribution in [-0.4, -0.2) is 35.4 Å². The van der Waals surface area contributed by atoms with E-state index in [9.17, 15) is 14.4 Å². The average molecular weight is 446 g/mol. The first-order valence-corrected chi connectivity index (χ1v) is 8.12. The Bertz CT molecular complexity index is 687. The van der Waals surface area contributed by atoms with Crippen LogP contribution in [0.1, 0.15) is 10.4 Å². The van der Waals surface area contributed by atoms with Crippen molar-refractivity contribution in [3.05, 3.63) is 57.7 Å². The molecule has 0 fully saturated rings. The molecule has 0 radical (unpaired) electrons. The number of hydrogen-bond acceptors (Lipinski definition) is 5. The molecule has 2 aromatic carbocycles. The Morgan fingerprint density at radius 1 is 1.29 bits per heavy atom. The van der Waals surface area contributed by atoms with E-state index in [-0.39, 0.29) is 23.3 Å². The second-order valence-electron chi connectivity index (χ2n) is 4.85. The van der Waals surface area contributed by atoms with E-state index in [0.29, 0.717) is 5.56 Å². The predicted molar refractivity (Wildman–Crippen MR) is 95.2 cm³/mol. The summed E-state index contributed by atoms with van der Waals surface area (Å²) in [5.74, 6) is -0.483. The van der Waals surface area contributed by atoms with Crippen molar-refractivity contribution in [2.24, 2.45) is 0 Å². The zero-order valence-corrected chi connectivity index (χ0v) is 14.7. The number of aliphatic hydroxyl groups is 2. The van der Waals surface area contributed by atoms with Crippen molar-refractivity contribution >= 4 is 34.2 Å². The number of nitrogens with zero attached hydrogens (tertiary/aromatic N) is 1. The van der Waals surface area contributed by atoms with Gasteiger partial charge in [0.2, 0.25) is 0 Å². The maximum absolute atomic E-state index is 14.4. The van der Waals surface area contributed by atoms with Gasteiger partial charge < -0.3 is 14.9 Å². The molecule has 24 heavy (non-hydrogen) atoms. The molecule has 0 aromatic heterocycles. The zero-order valence-electron chi connectivity index (χ0n) is 12.5. The third kappa shape index (κ3) is 5.05. The topological polar surface area (TPSA) is 82.0 Å². The maximum atomic E-state index is 14.4. The second-order valence-corrected chi connectivity index (χ2v) is 6.09. The van der Waals surface area contributed by atoms with E-state index in [2.05, 4.69) is 5.43 Å². The minimum absolute atomic E-state index is 0.0233. The number of nitrogens with one attached hydrogen (secondary N) is 1. The highest BCUT2D eigenvalue weighted by atomic mass is 127. The van der Waals surface area contributed by atoms with Gasteiger partial charge >= 0.3 is 0 Å². The lowest BCUT2D eigenvalue weighted by Crippen LogP contribution is -2.36. The van der Waals surface area contributed by atoms with Crippen molar-refractivity contribution in [2.75, 3.05) is 18.4 Å². The normalized spacial score (nSPS) is 11.7. The Hall–Kier alpha value is -1.91. The van der Waals surface area contributed by atoms with E-state index in [1.807, 2.05) is 22.6 Å². The van der Waals surface area contributed by atoms with Crippen LogP contribution >= 0.6 is 22.6 Å². The SMILES string of the molecule is O=C(NN(F)c1ccc(I)cc1OC[C@H](O)CO)c1ccccc1. The number of carbonyl (C=O) groups is 1. The van der Waals surface area contributed by atoms with Gasteiger partial charge in [-0.15, -0.1) is 5.23 Å². The highest BCUT2D eigenvalue weighted by molar-refractivity contribution is 14.1. The molecule has 0 aliphatic heterocycles. The first kappa shape index (κ1) is 18.4. The third-order valence-electron chi connectivity index (χ3n) is 3.01. The first-order chi connectivity index (χ1) is 11.5. The van der Waals surface area contributed by atoms with Gasteiger partial charge in [0, 0.05) is 9.13 Å². The number of ether oxygens (including phenoxy) is 1. The fourth-order valence-corrected chi connectivity index (χ4v) is 2.27. The minimum Gasteiger partial charge on any atom is -0.488 e. The number of anilines is 1. The Kier molecular flexibility index (Phi) is 6.76. The minimum atomic E-state index is -1.08. The monoisotopic (exact) mass is 446 g/mol. The fourth-order valence-electron chi connectivity index (χ4n) is 1.81. The summed E-state index contributed by atoms with van der Waals surface area (Å²) in [6.45, 7) is -0.673. The van der Waals surface area contributed by atoms with Gasteiger partial charge in [0.05, 0.1) is 6.61 Å². The van der Waals surface area contributed by atoms with Crippen molar-refractivity contribution in [1.29, 1.82) is 0 Å². The molecule has 0 aliphatic rings. The van der Waals surface area contributed by atoms with Crippen LogP contribution in [0.2, 0.25) is 0 Å². The van der Waals surface area contributed by atoms with Crippen LogP contribution < -0.4 is 15.4 Å². The fraction of sp³-hybridized carbons (Fsp3) is 0.188. The maximum Gasteiger partial charge on any atom is 0.271 e. The largest absolute Gasteiger partial charge is 0.488 e. The predicted octanol–water partition coefficient (Wildman–Crippen LogP) is 2.06. The number of rotatable bonds is 7. The van der Waals surface area contributed by atoms with Gasteiger partial charge in [0.1, 0.15) is 24.1 Å². The Morgan fingerprint density at radius 2 is 2.00 bits per heavy atom. The highest BCUT2D eigenvalue weighted by Gasteiger charge is 2.17.